The van der Waals surface area contributed by atoms with Crippen LogP contribution >= 0.6 is 0 Å². The number of nitrogens with one attached hydrogen (secondary N) is 2. The van der Waals surface area contributed by atoms with E-state index in [1.165, 1.54) is 18.4 Å². The van der Waals surface area contributed by atoms with E-state index in [0.29, 0.717) is 11.3 Å². The molecule has 8 nitrogen and oxygen atoms in total. The smallest absolute Gasteiger partial charge is 0.308 e. The summed E-state index contributed by atoms with van der Waals surface area (Å²) >= 11 is 0. The van der Waals surface area contributed by atoms with Gasteiger partial charge in [-0.1, -0.05) is 6.07 Å². The molecule has 0 saturated carbocycles. The summed E-state index contributed by atoms with van der Waals surface area (Å²) in [4.78, 5) is 34.8. The van der Waals surface area contributed by atoms with Crippen molar-refractivity contribution in [1.82, 2.24) is 5.32 Å². The van der Waals surface area contributed by atoms with Gasteiger partial charge in [-0.15, -0.1) is 0 Å². The highest BCUT2D eigenvalue weighted by Gasteiger charge is 2.11. The summed E-state index contributed by atoms with van der Waals surface area (Å²) in [6.07, 6.45) is 1.29. The molecule has 0 spiro atoms. The highest BCUT2D eigenvalue weighted by Crippen LogP contribution is 2.09. The Morgan fingerprint density at radius 2 is 2.04 bits per heavy atom. The summed E-state index contributed by atoms with van der Waals surface area (Å²) in [6, 6.07) is 11.4. The van der Waals surface area contributed by atoms with Gasteiger partial charge in [0.05, 0.1) is 24.3 Å². The van der Waals surface area contributed by atoms with E-state index in [2.05, 4.69) is 10.6 Å². The van der Waals surface area contributed by atoms with Crippen LogP contribution in [-0.2, 0) is 14.3 Å². The van der Waals surface area contributed by atoms with E-state index >= 15 is 0 Å². The molecule has 0 atom stereocenters. The van der Waals surface area contributed by atoms with Crippen molar-refractivity contribution in [3.63, 3.8) is 0 Å². The molecular weight excluding hydrogens is 326 g/mol. The maximum Gasteiger partial charge on any atom is 0.308 e. The van der Waals surface area contributed by atoms with E-state index in [1.54, 1.807) is 24.3 Å². The van der Waals surface area contributed by atoms with Crippen molar-refractivity contribution in [1.29, 1.82) is 5.26 Å². The van der Waals surface area contributed by atoms with Crippen molar-refractivity contribution in [2.75, 3.05) is 18.5 Å². The van der Waals surface area contributed by atoms with Gasteiger partial charge in [-0.2, -0.15) is 5.26 Å². The quantitative estimate of drug-likeness (QED) is 0.735. The number of esters is 1. The third-order valence-electron chi connectivity index (χ3n) is 3.00. The Morgan fingerprint density at radius 1 is 1.20 bits per heavy atom. The second-order valence-corrected chi connectivity index (χ2v) is 4.88. The van der Waals surface area contributed by atoms with E-state index in [-0.39, 0.29) is 18.7 Å². The Kier molecular flexibility index (Phi) is 6.31. The molecule has 0 unspecified atom stereocenters. The number of rotatable bonds is 7. The van der Waals surface area contributed by atoms with Gasteiger partial charge in [0, 0.05) is 12.2 Å². The van der Waals surface area contributed by atoms with Crippen LogP contribution in [0.3, 0.4) is 0 Å². The molecule has 2 rings (SSSR count). The summed E-state index contributed by atoms with van der Waals surface area (Å²) < 4.78 is 9.72. The molecule has 1 heterocycles. The molecule has 0 saturated heterocycles. The zero-order valence-electron chi connectivity index (χ0n) is 13.2. The van der Waals surface area contributed by atoms with Gasteiger partial charge in [-0.25, -0.2) is 0 Å². The third kappa shape index (κ3) is 5.84. The van der Waals surface area contributed by atoms with Crippen molar-refractivity contribution >= 4 is 23.5 Å². The van der Waals surface area contributed by atoms with Crippen LogP contribution in [0.1, 0.15) is 22.5 Å². The molecule has 1 aromatic heterocycles. The summed E-state index contributed by atoms with van der Waals surface area (Å²) in [5.41, 5.74) is 0.841. The summed E-state index contributed by atoms with van der Waals surface area (Å²) in [5, 5.41) is 13.8. The van der Waals surface area contributed by atoms with Crippen LogP contribution in [0.15, 0.2) is 47.1 Å². The first-order chi connectivity index (χ1) is 12.1. The number of furan rings is 1. The van der Waals surface area contributed by atoms with E-state index < -0.39 is 24.4 Å². The molecule has 0 aliphatic heterocycles. The Morgan fingerprint density at radius 3 is 2.76 bits per heavy atom. The zero-order chi connectivity index (χ0) is 18.1. The fourth-order valence-electron chi connectivity index (χ4n) is 1.85. The molecule has 25 heavy (non-hydrogen) atoms. The maximum atomic E-state index is 11.7. The standard InChI is InChI=1S/C17H15N3O5/c18-10-12-3-1-4-13(9-12)20-15(21)11-25-16(22)6-7-19-17(23)14-5-2-8-24-14/h1-5,8-9H,6-7,11H2,(H,19,23)(H,20,21). The SMILES string of the molecule is N#Cc1cccc(NC(=O)COC(=O)CCNC(=O)c2ccco2)c1. The average Bonchev–Trinajstić information content (AvgIpc) is 3.15. The van der Waals surface area contributed by atoms with E-state index in [4.69, 9.17) is 14.4 Å². The Hall–Kier alpha value is -3.60. The maximum absolute atomic E-state index is 11.7. The van der Waals surface area contributed by atoms with E-state index in [9.17, 15) is 14.4 Å². The summed E-state index contributed by atoms with van der Waals surface area (Å²) in [7, 11) is 0. The number of nitrogens with zero attached hydrogens (tertiary/aromatic N) is 1. The second-order valence-electron chi connectivity index (χ2n) is 4.88. The van der Waals surface area contributed by atoms with Crippen LogP contribution in [-0.4, -0.2) is 30.9 Å². The van der Waals surface area contributed by atoms with Gasteiger partial charge >= 0.3 is 5.97 Å². The van der Waals surface area contributed by atoms with Gasteiger partial charge in [-0.05, 0) is 30.3 Å². The minimum absolute atomic E-state index is 0.0597. The number of hydrogen-bond donors (Lipinski definition) is 2. The second kappa shape index (κ2) is 8.88. The number of hydrogen-bond acceptors (Lipinski definition) is 6. The minimum Gasteiger partial charge on any atom is -0.459 e. The minimum atomic E-state index is -0.624. The molecule has 0 radical (unpaired) electrons. The van der Waals surface area contributed by atoms with Crippen LogP contribution in [0.25, 0.3) is 0 Å². The molecular formula is C17H15N3O5. The zero-order valence-corrected chi connectivity index (χ0v) is 13.2. The van der Waals surface area contributed by atoms with E-state index in [1.807, 2.05) is 6.07 Å². The van der Waals surface area contributed by atoms with Crippen LogP contribution in [0.2, 0.25) is 0 Å². The number of nitriles is 1. The number of ether oxygens (including phenoxy) is 1. The number of carbonyl (C=O) groups excluding carboxylic acids is 3. The molecule has 0 aliphatic carbocycles. The van der Waals surface area contributed by atoms with Crippen molar-refractivity contribution in [3.8, 4) is 6.07 Å². The fraction of sp³-hybridized carbons (Fsp3) is 0.176. The first-order valence-electron chi connectivity index (χ1n) is 7.36. The van der Waals surface area contributed by atoms with Gasteiger partial charge in [0.25, 0.3) is 11.8 Å². The molecule has 8 heteroatoms. The van der Waals surface area contributed by atoms with Crippen molar-refractivity contribution in [2.45, 2.75) is 6.42 Å². The molecule has 2 amide bonds. The van der Waals surface area contributed by atoms with Crippen LogP contribution < -0.4 is 10.6 Å². The molecule has 128 valence electrons. The molecule has 0 fully saturated rings. The predicted molar refractivity (Wildman–Crippen MR) is 86.4 cm³/mol. The number of carbonyl (C=O) groups is 3. The number of benzene rings is 1. The fourth-order valence-corrected chi connectivity index (χ4v) is 1.85. The van der Waals surface area contributed by atoms with Crippen LogP contribution in [0, 0.1) is 11.3 Å². The van der Waals surface area contributed by atoms with Crippen molar-refractivity contribution in [2.24, 2.45) is 0 Å². The number of anilines is 1. The largest absolute Gasteiger partial charge is 0.459 e. The Bertz CT molecular complexity index is 793. The van der Waals surface area contributed by atoms with Gasteiger partial charge in [0.1, 0.15) is 0 Å². The lowest BCUT2D eigenvalue weighted by atomic mass is 10.2. The van der Waals surface area contributed by atoms with Gasteiger partial charge < -0.3 is 19.8 Å². The number of amides is 2. The topological polar surface area (TPSA) is 121 Å². The van der Waals surface area contributed by atoms with Gasteiger partial charge in [0.2, 0.25) is 0 Å². The monoisotopic (exact) mass is 341 g/mol. The van der Waals surface area contributed by atoms with Crippen LogP contribution in [0.4, 0.5) is 5.69 Å². The first-order valence-corrected chi connectivity index (χ1v) is 7.36. The normalized spacial score (nSPS) is 9.72. The average molecular weight is 341 g/mol. The van der Waals surface area contributed by atoms with Crippen molar-refractivity contribution in [3.05, 3.63) is 54.0 Å². The summed E-state index contributed by atoms with van der Waals surface area (Å²) in [5.74, 6) is -1.44. The lowest BCUT2D eigenvalue weighted by Crippen LogP contribution is -2.27. The lowest BCUT2D eigenvalue weighted by Gasteiger charge is -2.07. The molecule has 1 aromatic carbocycles. The highest BCUT2D eigenvalue weighted by molar-refractivity contribution is 5.93. The summed E-state index contributed by atoms with van der Waals surface area (Å²) in [6.45, 7) is -0.397. The highest BCUT2D eigenvalue weighted by atomic mass is 16.5. The molecule has 0 bridgehead atoms. The third-order valence-corrected chi connectivity index (χ3v) is 3.00. The van der Waals surface area contributed by atoms with Gasteiger partial charge in [0.15, 0.2) is 12.4 Å². The molecule has 2 N–H and O–H groups in total. The van der Waals surface area contributed by atoms with E-state index in [0.717, 1.165) is 0 Å². The molecule has 2 aromatic rings. The predicted octanol–water partition coefficient (Wildman–Crippen LogP) is 1.45. The Labute approximate surface area is 143 Å². The molecule has 0 aliphatic rings. The van der Waals surface area contributed by atoms with Crippen molar-refractivity contribution < 1.29 is 23.5 Å². The first kappa shape index (κ1) is 17.7. The van der Waals surface area contributed by atoms with Gasteiger partial charge in [-0.3, -0.25) is 14.4 Å². The lowest BCUT2D eigenvalue weighted by molar-refractivity contribution is -0.147. The van der Waals surface area contributed by atoms with Crippen LogP contribution in [0.5, 0.6) is 0 Å². The Balaban J connectivity index is 1.66.